The van der Waals surface area contributed by atoms with E-state index in [0.29, 0.717) is 6.54 Å². The van der Waals surface area contributed by atoms with Gasteiger partial charge in [0.25, 0.3) is 0 Å². The number of benzene rings is 3. The number of anilines is 1. The second kappa shape index (κ2) is 5.74. The summed E-state index contributed by atoms with van der Waals surface area (Å²) in [5, 5.41) is 15.0. The van der Waals surface area contributed by atoms with E-state index in [4.69, 9.17) is 0 Å². The van der Waals surface area contributed by atoms with Gasteiger partial charge in [-0.25, -0.2) is 4.39 Å². The summed E-state index contributed by atoms with van der Waals surface area (Å²) in [6.45, 7) is 0.565. The molecule has 0 aliphatic heterocycles. The van der Waals surface area contributed by atoms with Crippen LogP contribution in [0, 0.1) is 5.82 Å². The highest BCUT2D eigenvalue weighted by Gasteiger charge is 2.05. The Morgan fingerprint density at radius 1 is 1.00 bits per heavy atom. The van der Waals surface area contributed by atoms with E-state index in [0.717, 1.165) is 26.5 Å². The van der Waals surface area contributed by atoms with Crippen LogP contribution in [0.4, 0.5) is 10.1 Å². The maximum absolute atomic E-state index is 13.1. The Bertz CT molecular complexity index is 804. The van der Waals surface area contributed by atoms with Gasteiger partial charge in [0.2, 0.25) is 0 Å². The van der Waals surface area contributed by atoms with E-state index in [2.05, 4.69) is 21.2 Å². The Morgan fingerprint density at radius 3 is 2.57 bits per heavy atom. The van der Waals surface area contributed by atoms with E-state index < -0.39 is 0 Å². The predicted molar refractivity (Wildman–Crippen MR) is 87.0 cm³/mol. The summed E-state index contributed by atoms with van der Waals surface area (Å²) in [4.78, 5) is 0. The van der Waals surface area contributed by atoms with Crippen LogP contribution in [-0.4, -0.2) is 5.11 Å². The molecule has 0 aliphatic carbocycles. The molecule has 0 fully saturated rings. The van der Waals surface area contributed by atoms with Crippen LogP contribution in [0.1, 0.15) is 5.56 Å². The minimum absolute atomic E-state index is 0.263. The molecule has 0 unspecified atom stereocenters. The molecule has 2 nitrogen and oxygen atoms in total. The normalized spacial score (nSPS) is 10.8. The first-order valence-electron chi connectivity index (χ1n) is 6.53. The molecule has 0 bridgehead atoms. The molecule has 106 valence electrons. The number of phenols is 1. The van der Waals surface area contributed by atoms with Crippen molar-refractivity contribution in [1.82, 2.24) is 0 Å². The number of fused-ring (bicyclic) bond motifs is 1. The molecule has 0 spiro atoms. The fourth-order valence-corrected chi connectivity index (χ4v) is 2.79. The lowest BCUT2D eigenvalue weighted by Gasteiger charge is -2.11. The molecule has 0 radical (unpaired) electrons. The average Bonchev–Trinajstić information content (AvgIpc) is 2.47. The van der Waals surface area contributed by atoms with Crippen LogP contribution in [0.15, 0.2) is 59.1 Å². The van der Waals surface area contributed by atoms with Gasteiger partial charge in [-0.1, -0.05) is 46.3 Å². The van der Waals surface area contributed by atoms with Crippen LogP contribution < -0.4 is 5.32 Å². The molecular weight excluding hydrogens is 333 g/mol. The van der Waals surface area contributed by atoms with E-state index in [1.54, 1.807) is 12.1 Å². The summed E-state index contributed by atoms with van der Waals surface area (Å²) in [6.07, 6.45) is 0. The topological polar surface area (TPSA) is 32.3 Å². The van der Waals surface area contributed by atoms with Crippen LogP contribution in [-0.2, 0) is 6.54 Å². The Kier molecular flexibility index (Phi) is 3.80. The zero-order valence-electron chi connectivity index (χ0n) is 11.1. The lowest BCUT2D eigenvalue weighted by atomic mass is 10.1. The van der Waals surface area contributed by atoms with Crippen molar-refractivity contribution in [2.75, 3.05) is 5.32 Å². The van der Waals surface area contributed by atoms with Crippen LogP contribution in [0.5, 0.6) is 5.75 Å². The van der Waals surface area contributed by atoms with E-state index in [1.807, 2.05) is 30.3 Å². The lowest BCUT2D eigenvalue weighted by molar-refractivity contribution is 0.481. The monoisotopic (exact) mass is 345 g/mol. The Balaban J connectivity index is 1.90. The molecule has 3 aromatic rings. The first-order chi connectivity index (χ1) is 10.1. The molecule has 0 saturated carbocycles. The van der Waals surface area contributed by atoms with Crippen molar-refractivity contribution in [1.29, 1.82) is 0 Å². The lowest BCUT2D eigenvalue weighted by Crippen LogP contribution is -2.01. The van der Waals surface area contributed by atoms with Gasteiger partial charge in [0.15, 0.2) is 0 Å². The fourth-order valence-electron chi connectivity index (χ4n) is 2.30. The summed E-state index contributed by atoms with van der Waals surface area (Å²) < 4.78 is 13.8. The molecule has 0 aromatic heterocycles. The highest BCUT2D eigenvalue weighted by Crippen LogP contribution is 2.30. The summed E-state index contributed by atoms with van der Waals surface area (Å²) in [6, 6.07) is 15.8. The second-order valence-electron chi connectivity index (χ2n) is 4.77. The minimum Gasteiger partial charge on any atom is -0.507 e. The van der Waals surface area contributed by atoms with Crippen LogP contribution >= 0.6 is 15.9 Å². The fraction of sp³-hybridized carbons (Fsp3) is 0.0588. The van der Waals surface area contributed by atoms with Gasteiger partial charge in [-0.2, -0.15) is 0 Å². The van der Waals surface area contributed by atoms with Gasteiger partial charge in [-0.05, 0) is 29.8 Å². The number of nitrogens with one attached hydrogen (secondary N) is 1. The quantitative estimate of drug-likeness (QED) is 0.695. The first-order valence-corrected chi connectivity index (χ1v) is 7.33. The van der Waals surface area contributed by atoms with Crippen molar-refractivity contribution < 1.29 is 9.50 Å². The van der Waals surface area contributed by atoms with Gasteiger partial charge in [0.05, 0.1) is 0 Å². The summed E-state index contributed by atoms with van der Waals surface area (Å²) >= 11 is 3.36. The van der Waals surface area contributed by atoms with Crippen LogP contribution in [0.2, 0.25) is 0 Å². The van der Waals surface area contributed by atoms with Crippen LogP contribution in [0.3, 0.4) is 0 Å². The second-order valence-corrected chi connectivity index (χ2v) is 5.62. The summed E-state index contributed by atoms with van der Waals surface area (Å²) in [5.74, 6) is -0.000166. The highest BCUT2D eigenvalue weighted by molar-refractivity contribution is 9.10. The van der Waals surface area contributed by atoms with Crippen molar-refractivity contribution in [3.63, 3.8) is 0 Å². The van der Waals surface area contributed by atoms with Gasteiger partial charge in [-0.15, -0.1) is 0 Å². The van der Waals surface area contributed by atoms with Crippen molar-refractivity contribution in [2.24, 2.45) is 0 Å². The SMILES string of the molecule is Oc1cccc2c(NCc3ccc(F)cc3Br)cccc12. The smallest absolute Gasteiger partial charge is 0.124 e. The number of hydrogen-bond donors (Lipinski definition) is 2. The van der Waals surface area contributed by atoms with Gasteiger partial charge < -0.3 is 10.4 Å². The van der Waals surface area contributed by atoms with E-state index >= 15 is 0 Å². The Morgan fingerprint density at radius 2 is 1.76 bits per heavy atom. The zero-order chi connectivity index (χ0) is 14.8. The minimum atomic E-state index is -0.263. The number of aromatic hydroxyl groups is 1. The molecular formula is C17H13BrFNO. The number of halogens is 2. The molecule has 21 heavy (non-hydrogen) atoms. The standard InChI is InChI=1S/C17H13BrFNO/c18-15-9-12(19)8-7-11(15)10-20-16-5-1-4-14-13(16)3-2-6-17(14)21/h1-9,20-21H,10H2. The number of rotatable bonds is 3. The largest absolute Gasteiger partial charge is 0.507 e. The first kappa shape index (κ1) is 13.9. The van der Waals surface area contributed by atoms with Gasteiger partial charge in [0, 0.05) is 27.5 Å². The third kappa shape index (κ3) is 2.85. The molecule has 0 saturated heterocycles. The van der Waals surface area contributed by atoms with Gasteiger partial charge in [0.1, 0.15) is 11.6 Å². The molecule has 0 amide bonds. The van der Waals surface area contributed by atoms with Gasteiger partial charge >= 0.3 is 0 Å². The van der Waals surface area contributed by atoms with Crippen LogP contribution in [0.25, 0.3) is 10.8 Å². The number of hydrogen-bond acceptors (Lipinski definition) is 2. The van der Waals surface area contributed by atoms with Crippen molar-refractivity contribution in [2.45, 2.75) is 6.54 Å². The zero-order valence-corrected chi connectivity index (χ0v) is 12.7. The van der Waals surface area contributed by atoms with E-state index in [-0.39, 0.29) is 11.6 Å². The summed E-state index contributed by atoms with van der Waals surface area (Å²) in [7, 11) is 0. The third-order valence-corrected chi connectivity index (χ3v) is 4.12. The van der Waals surface area contributed by atoms with E-state index in [9.17, 15) is 9.50 Å². The molecule has 0 aliphatic rings. The summed E-state index contributed by atoms with van der Waals surface area (Å²) in [5.41, 5.74) is 1.90. The van der Waals surface area contributed by atoms with Crippen molar-refractivity contribution in [3.8, 4) is 5.75 Å². The number of phenolic OH excluding ortho intramolecular Hbond substituents is 1. The molecule has 0 heterocycles. The van der Waals surface area contributed by atoms with E-state index in [1.165, 1.54) is 12.1 Å². The maximum Gasteiger partial charge on any atom is 0.124 e. The Hall–Kier alpha value is -2.07. The molecule has 2 N–H and O–H groups in total. The molecule has 3 aromatic carbocycles. The average molecular weight is 346 g/mol. The Labute approximate surface area is 130 Å². The van der Waals surface area contributed by atoms with Crippen molar-refractivity contribution in [3.05, 3.63) is 70.5 Å². The third-order valence-electron chi connectivity index (χ3n) is 3.38. The molecule has 3 rings (SSSR count). The maximum atomic E-state index is 13.1. The molecule has 0 atom stereocenters. The predicted octanol–water partition coefficient (Wildman–Crippen LogP) is 5.06. The van der Waals surface area contributed by atoms with Crippen molar-refractivity contribution >= 4 is 32.4 Å². The molecule has 4 heteroatoms. The van der Waals surface area contributed by atoms with Gasteiger partial charge in [-0.3, -0.25) is 0 Å². The highest BCUT2D eigenvalue weighted by atomic mass is 79.9.